The number of hydrogen-bond donors (Lipinski definition) is 1. The van der Waals surface area contributed by atoms with Crippen molar-refractivity contribution in [2.24, 2.45) is 0 Å². The smallest absolute Gasteiger partial charge is 0.348 e. The summed E-state index contributed by atoms with van der Waals surface area (Å²) in [6.45, 7) is 2.02. The van der Waals surface area contributed by atoms with Crippen LogP contribution in [-0.4, -0.2) is 12.6 Å². The van der Waals surface area contributed by atoms with Gasteiger partial charge in [-0.25, -0.2) is 4.79 Å². The van der Waals surface area contributed by atoms with Gasteiger partial charge < -0.3 is 10.5 Å². The van der Waals surface area contributed by atoms with Gasteiger partial charge in [-0.2, -0.15) is 0 Å². The molecule has 6 heteroatoms. The van der Waals surface area contributed by atoms with Crippen LogP contribution in [0.3, 0.4) is 0 Å². The van der Waals surface area contributed by atoms with Gasteiger partial charge in [-0.3, -0.25) is 4.79 Å². The molecule has 0 spiro atoms. The lowest BCUT2D eigenvalue weighted by molar-refractivity contribution is 0.0532. The van der Waals surface area contributed by atoms with Crippen molar-refractivity contribution in [2.75, 3.05) is 12.3 Å². The van der Waals surface area contributed by atoms with Crippen LogP contribution in [0.25, 0.3) is 10.1 Å². The van der Waals surface area contributed by atoms with Gasteiger partial charge in [0.05, 0.1) is 6.61 Å². The highest BCUT2D eigenvalue weighted by atomic mass is 35.5. The lowest BCUT2D eigenvalue weighted by Crippen LogP contribution is -2.08. The number of carbonyl (C=O) groups is 1. The quantitative estimate of drug-likeness (QED) is 0.680. The van der Waals surface area contributed by atoms with Gasteiger partial charge in [0.15, 0.2) is 5.43 Å². The number of esters is 1. The zero-order valence-electron chi connectivity index (χ0n) is 9.64. The van der Waals surface area contributed by atoms with E-state index in [1.807, 2.05) is 0 Å². The van der Waals surface area contributed by atoms with E-state index in [0.717, 1.165) is 4.70 Å². The average Bonchev–Trinajstić information content (AvgIpc) is 2.30. The second-order valence-corrected chi connectivity index (χ2v) is 4.53. The summed E-state index contributed by atoms with van der Waals surface area (Å²) in [5.74, 6) is -0.465. The van der Waals surface area contributed by atoms with Crippen molar-refractivity contribution in [3.05, 3.63) is 39.4 Å². The molecule has 0 fully saturated rings. The first kappa shape index (κ1) is 14.5. The first-order chi connectivity index (χ1) is 8.11. The Bertz CT molecular complexity index is 639. The predicted molar refractivity (Wildman–Crippen MR) is 75.7 cm³/mol. The number of hydrogen-bond acceptors (Lipinski definition) is 5. The molecule has 0 radical (unpaired) electrons. The lowest BCUT2D eigenvalue weighted by Gasteiger charge is -2.02. The van der Waals surface area contributed by atoms with Gasteiger partial charge in [-0.1, -0.05) is 0 Å². The average molecular weight is 286 g/mol. The van der Waals surface area contributed by atoms with Gasteiger partial charge in [0.2, 0.25) is 0 Å². The van der Waals surface area contributed by atoms with Gasteiger partial charge in [0, 0.05) is 21.8 Å². The molecular weight excluding hydrogens is 274 g/mol. The van der Waals surface area contributed by atoms with Crippen LogP contribution in [0.5, 0.6) is 0 Å². The first-order valence-electron chi connectivity index (χ1n) is 5.12. The molecule has 1 aromatic heterocycles. The van der Waals surface area contributed by atoms with Crippen LogP contribution in [-0.2, 0) is 4.74 Å². The summed E-state index contributed by atoms with van der Waals surface area (Å²) in [6.07, 6.45) is 0. The highest BCUT2D eigenvalue weighted by Crippen LogP contribution is 2.21. The molecule has 0 bridgehead atoms. The maximum absolute atomic E-state index is 11.8. The van der Waals surface area contributed by atoms with E-state index in [4.69, 9.17) is 10.5 Å². The van der Waals surface area contributed by atoms with Crippen LogP contribution < -0.4 is 11.2 Å². The largest absolute Gasteiger partial charge is 0.462 e. The van der Waals surface area contributed by atoms with Crippen LogP contribution in [0, 0.1) is 0 Å². The molecular formula is C12H12ClNO3S. The Morgan fingerprint density at radius 1 is 1.39 bits per heavy atom. The van der Waals surface area contributed by atoms with E-state index in [9.17, 15) is 9.59 Å². The Kier molecular flexibility index (Phi) is 4.69. The Labute approximate surface area is 114 Å². The Hall–Kier alpha value is -1.59. The molecule has 1 heterocycles. The SMILES string of the molecule is CCOC(=O)c1cc(=O)c2cc(N)ccc2s1.Cl. The van der Waals surface area contributed by atoms with Crippen LogP contribution in [0.1, 0.15) is 16.6 Å². The number of carbonyl (C=O) groups excluding carboxylic acids is 1. The second-order valence-electron chi connectivity index (χ2n) is 3.45. The summed E-state index contributed by atoms with van der Waals surface area (Å²) in [6, 6.07) is 6.35. The summed E-state index contributed by atoms with van der Waals surface area (Å²) in [5, 5.41) is 0.531. The summed E-state index contributed by atoms with van der Waals surface area (Å²) >= 11 is 1.23. The fraction of sp³-hybridized carbons (Fsp3) is 0.167. The number of fused-ring (bicyclic) bond motifs is 1. The molecule has 0 saturated carbocycles. The second kappa shape index (κ2) is 5.84. The van der Waals surface area contributed by atoms with Crippen molar-refractivity contribution in [1.29, 1.82) is 0 Å². The van der Waals surface area contributed by atoms with Crippen LogP contribution >= 0.6 is 23.7 Å². The molecule has 4 nitrogen and oxygen atoms in total. The van der Waals surface area contributed by atoms with Crippen LogP contribution in [0.4, 0.5) is 5.69 Å². The number of anilines is 1. The number of ether oxygens (including phenoxy) is 1. The molecule has 2 aromatic rings. The van der Waals surface area contributed by atoms with E-state index >= 15 is 0 Å². The van der Waals surface area contributed by atoms with Gasteiger partial charge in [-0.15, -0.1) is 23.7 Å². The predicted octanol–water partition coefficient (Wildman–Crippen LogP) is 2.44. The maximum Gasteiger partial charge on any atom is 0.348 e. The summed E-state index contributed by atoms with van der Waals surface area (Å²) in [4.78, 5) is 23.6. The fourth-order valence-corrected chi connectivity index (χ4v) is 2.43. The number of halogens is 1. The third kappa shape index (κ3) is 2.80. The molecule has 0 unspecified atom stereocenters. The number of benzene rings is 1. The Morgan fingerprint density at radius 2 is 2.11 bits per heavy atom. The molecule has 0 saturated heterocycles. The number of nitrogens with two attached hydrogens (primary N) is 1. The molecule has 0 aliphatic carbocycles. The number of rotatable bonds is 2. The minimum atomic E-state index is -0.465. The van der Waals surface area contributed by atoms with Gasteiger partial charge in [0.25, 0.3) is 0 Å². The molecule has 18 heavy (non-hydrogen) atoms. The minimum Gasteiger partial charge on any atom is -0.462 e. The first-order valence-corrected chi connectivity index (χ1v) is 5.94. The summed E-state index contributed by atoms with van der Waals surface area (Å²) < 4.78 is 5.59. The van der Waals surface area contributed by atoms with Crippen molar-refractivity contribution in [3.8, 4) is 0 Å². The highest BCUT2D eigenvalue weighted by Gasteiger charge is 2.11. The molecule has 0 amide bonds. The zero-order chi connectivity index (χ0) is 12.4. The zero-order valence-corrected chi connectivity index (χ0v) is 11.3. The van der Waals surface area contributed by atoms with Crippen molar-refractivity contribution in [1.82, 2.24) is 0 Å². The van der Waals surface area contributed by atoms with E-state index in [-0.39, 0.29) is 17.8 Å². The standard InChI is InChI=1S/C12H11NO3S.ClH/c1-2-16-12(15)11-6-9(14)8-5-7(13)3-4-10(8)17-11;/h3-6H,2,13H2,1H3;1H. The molecule has 0 aliphatic heterocycles. The molecule has 2 N–H and O–H groups in total. The molecule has 0 aliphatic rings. The van der Waals surface area contributed by atoms with Gasteiger partial charge >= 0.3 is 5.97 Å². The van der Waals surface area contributed by atoms with E-state index < -0.39 is 5.97 Å². The van der Waals surface area contributed by atoms with E-state index in [1.54, 1.807) is 25.1 Å². The molecule has 2 rings (SSSR count). The van der Waals surface area contributed by atoms with Crippen LogP contribution in [0.2, 0.25) is 0 Å². The monoisotopic (exact) mass is 285 g/mol. The topological polar surface area (TPSA) is 69.4 Å². The van der Waals surface area contributed by atoms with Crippen molar-refractivity contribution in [3.63, 3.8) is 0 Å². The van der Waals surface area contributed by atoms with Crippen LogP contribution in [0.15, 0.2) is 29.1 Å². The molecule has 96 valence electrons. The highest BCUT2D eigenvalue weighted by molar-refractivity contribution is 7.20. The third-order valence-electron chi connectivity index (χ3n) is 2.23. The van der Waals surface area contributed by atoms with E-state index in [2.05, 4.69) is 0 Å². The normalized spacial score (nSPS) is 9.83. The third-order valence-corrected chi connectivity index (χ3v) is 3.31. The minimum absolute atomic E-state index is 0. The molecule has 0 atom stereocenters. The summed E-state index contributed by atoms with van der Waals surface area (Å²) in [5.41, 5.74) is 5.93. The maximum atomic E-state index is 11.8. The van der Waals surface area contributed by atoms with Gasteiger partial charge in [0.1, 0.15) is 4.88 Å². The lowest BCUT2D eigenvalue weighted by atomic mass is 10.2. The van der Waals surface area contributed by atoms with E-state index in [0.29, 0.717) is 22.6 Å². The van der Waals surface area contributed by atoms with Crippen molar-refractivity contribution in [2.45, 2.75) is 6.92 Å². The van der Waals surface area contributed by atoms with Crippen molar-refractivity contribution < 1.29 is 9.53 Å². The van der Waals surface area contributed by atoms with Gasteiger partial charge in [-0.05, 0) is 25.1 Å². The Balaban J connectivity index is 0.00000162. The fourth-order valence-electron chi connectivity index (χ4n) is 1.48. The summed E-state index contributed by atoms with van der Waals surface area (Å²) in [7, 11) is 0. The molecule has 1 aromatic carbocycles. The number of nitrogen functional groups attached to an aromatic ring is 1. The van der Waals surface area contributed by atoms with E-state index in [1.165, 1.54) is 17.4 Å². The Morgan fingerprint density at radius 3 is 2.78 bits per heavy atom. The van der Waals surface area contributed by atoms with Crippen molar-refractivity contribution >= 4 is 45.5 Å².